The molecule has 0 aliphatic carbocycles. The van der Waals surface area contributed by atoms with Crippen LogP contribution < -0.4 is 9.64 Å². The fraction of sp³-hybridized carbons (Fsp3) is 0.385. The van der Waals surface area contributed by atoms with Crippen LogP contribution in [0.1, 0.15) is 20.7 Å². The highest BCUT2D eigenvalue weighted by Crippen LogP contribution is 2.28. The molecule has 1 heterocycles. The Kier molecular flexibility index (Phi) is 5.57. The van der Waals surface area contributed by atoms with Gasteiger partial charge in [-0.3, -0.25) is 9.59 Å². The van der Waals surface area contributed by atoms with E-state index in [1.165, 1.54) is 7.11 Å². The van der Waals surface area contributed by atoms with Gasteiger partial charge in [0.25, 0.3) is 0 Å². The largest absolute Gasteiger partial charge is 0.496 e. The van der Waals surface area contributed by atoms with Crippen molar-refractivity contribution in [2.24, 2.45) is 0 Å². The number of aldehydes is 2. The van der Waals surface area contributed by atoms with Gasteiger partial charge in [0.05, 0.1) is 31.6 Å². The number of hydrogen-bond donors (Lipinski definition) is 0. The molecule has 0 saturated carbocycles. The standard InChI is InChI=1S/C13H15NO4.BH/c1-17-13-7-12(14-2-4-18-5-3-14)10(8-15)6-11(13)9-16;/h6-9H,2-5H2,1H3;1H. The molecule has 1 saturated heterocycles. The number of benzene rings is 1. The van der Waals surface area contributed by atoms with Crippen molar-refractivity contribution in [1.82, 2.24) is 0 Å². The molecule has 1 aromatic carbocycles. The molecule has 2 rings (SSSR count). The van der Waals surface area contributed by atoms with Crippen LogP contribution in [0.25, 0.3) is 0 Å². The predicted octanol–water partition coefficient (Wildman–Crippen LogP) is 0.508. The minimum Gasteiger partial charge on any atom is -0.496 e. The molecule has 0 unspecified atom stereocenters. The quantitative estimate of drug-likeness (QED) is 0.583. The van der Waals surface area contributed by atoms with E-state index >= 15 is 0 Å². The van der Waals surface area contributed by atoms with Crippen LogP contribution in [0.5, 0.6) is 5.75 Å². The molecule has 5 nitrogen and oxygen atoms in total. The molecule has 0 N–H and O–H groups in total. The summed E-state index contributed by atoms with van der Waals surface area (Å²) < 4.78 is 10.4. The third-order valence-electron chi connectivity index (χ3n) is 2.98. The van der Waals surface area contributed by atoms with Crippen molar-refractivity contribution in [1.29, 1.82) is 0 Å². The van der Waals surface area contributed by atoms with Crippen LogP contribution in [-0.4, -0.2) is 54.4 Å². The molecular weight excluding hydrogens is 245 g/mol. The van der Waals surface area contributed by atoms with Crippen LogP contribution in [0, 0.1) is 0 Å². The van der Waals surface area contributed by atoms with Crippen molar-refractivity contribution in [3.63, 3.8) is 0 Å². The third-order valence-corrected chi connectivity index (χ3v) is 2.98. The van der Waals surface area contributed by atoms with Crippen LogP contribution in [-0.2, 0) is 4.74 Å². The zero-order valence-electron chi connectivity index (χ0n) is 10.9. The van der Waals surface area contributed by atoms with Crippen molar-refractivity contribution in [3.05, 3.63) is 23.3 Å². The first-order valence-corrected chi connectivity index (χ1v) is 5.75. The lowest BCUT2D eigenvalue weighted by Crippen LogP contribution is -2.36. The van der Waals surface area contributed by atoms with E-state index in [2.05, 4.69) is 4.90 Å². The summed E-state index contributed by atoms with van der Waals surface area (Å²) in [6.45, 7) is 2.72. The topological polar surface area (TPSA) is 55.8 Å². The number of ether oxygens (including phenoxy) is 2. The molecule has 6 heteroatoms. The Hall–Kier alpha value is -1.82. The van der Waals surface area contributed by atoms with Crippen LogP contribution in [0.15, 0.2) is 12.1 Å². The number of carbonyl (C=O) groups is 2. The molecule has 2 radical (unpaired) electrons. The maximum absolute atomic E-state index is 11.1. The van der Waals surface area contributed by atoms with E-state index < -0.39 is 0 Å². The summed E-state index contributed by atoms with van der Waals surface area (Å²) in [5.74, 6) is 0.483. The van der Waals surface area contributed by atoms with Crippen LogP contribution in [0.2, 0.25) is 0 Å². The van der Waals surface area contributed by atoms with Crippen LogP contribution in [0.3, 0.4) is 0 Å². The van der Waals surface area contributed by atoms with Crippen LogP contribution >= 0.6 is 0 Å². The van der Waals surface area contributed by atoms with Gasteiger partial charge in [-0.2, -0.15) is 0 Å². The van der Waals surface area contributed by atoms with E-state index in [1.807, 2.05) is 0 Å². The van der Waals surface area contributed by atoms with Gasteiger partial charge in [0.2, 0.25) is 0 Å². The maximum atomic E-state index is 11.1. The van der Waals surface area contributed by atoms with Crippen molar-refractivity contribution in [2.45, 2.75) is 0 Å². The molecule has 1 aliphatic rings. The summed E-state index contributed by atoms with van der Waals surface area (Å²) in [6, 6.07) is 3.29. The lowest BCUT2D eigenvalue weighted by molar-refractivity contribution is 0.111. The molecule has 100 valence electrons. The van der Waals surface area contributed by atoms with Gasteiger partial charge in [0, 0.05) is 33.1 Å². The smallest absolute Gasteiger partial charge is 0.153 e. The van der Waals surface area contributed by atoms with Gasteiger partial charge in [0.1, 0.15) is 5.75 Å². The highest BCUT2D eigenvalue weighted by Gasteiger charge is 2.17. The first-order valence-electron chi connectivity index (χ1n) is 5.75. The molecule has 0 amide bonds. The summed E-state index contributed by atoms with van der Waals surface area (Å²) >= 11 is 0. The molecule has 0 atom stereocenters. The average Bonchev–Trinajstić information content (AvgIpc) is 2.46. The molecule has 0 bridgehead atoms. The lowest BCUT2D eigenvalue weighted by Gasteiger charge is -2.30. The van der Waals surface area contributed by atoms with Gasteiger partial charge in [0.15, 0.2) is 12.6 Å². The second kappa shape index (κ2) is 6.94. The van der Waals surface area contributed by atoms with E-state index in [9.17, 15) is 9.59 Å². The van der Waals surface area contributed by atoms with Gasteiger partial charge in [-0.05, 0) is 6.07 Å². The first-order chi connectivity index (χ1) is 8.80. The molecule has 1 aromatic rings. The van der Waals surface area contributed by atoms with Crippen LogP contribution in [0.4, 0.5) is 5.69 Å². The molecule has 0 spiro atoms. The monoisotopic (exact) mass is 261 g/mol. The Morgan fingerprint density at radius 3 is 2.32 bits per heavy atom. The van der Waals surface area contributed by atoms with Gasteiger partial charge in [-0.25, -0.2) is 0 Å². The van der Waals surface area contributed by atoms with Crippen molar-refractivity contribution < 1.29 is 19.1 Å². The number of morpholine rings is 1. The van der Waals surface area contributed by atoms with E-state index in [0.717, 1.165) is 25.1 Å². The summed E-state index contributed by atoms with van der Waals surface area (Å²) in [4.78, 5) is 24.1. The van der Waals surface area contributed by atoms with E-state index in [4.69, 9.17) is 9.47 Å². The van der Waals surface area contributed by atoms with E-state index in [1.54, 1.807) is 12.1 Å². The second-order valence-corrected chi connectivity index (χ2v) is 3.99. The molecular formula is C13H16BNO4. The van der Waals surface area contributed by atoms with Gasteiger partial charge < -0.3 is 14.4 Å². The maximum Gasteiger partial charge on any atom is 0.153 e. The number of methoxy groups -OCH3 is 1. The van der Waals surface area contributed by atoms with Gasteiger partial charge in [-0.15, -0.1) is 0 Å². The second-order valence-electron chi connectivity index (χ2n) is 3.99. The third kappa shape index (κ3) is 3.14. The summed E-state index contributed by atoms with van der Waals surface area (Å²) in [7, 11) is 1.51. The van der Waals surface area contributed by atoms with E-state index in [-0.39, 0.29) is 8.41 Å². The molecule has 0 aromatic heterocycles. The molecule has 1 aliphatic heterocycles. The minimum absolute atomic E-state index is 0. The Balaban J connectivity index is 0.00000180. The molecule has 1 fully saturated rings. The first kappa shape index (κ1) is 15.2. The Labute approximate surface area is 114 Å². The zero-order valence-corrected chi connectivity index (χ0v) is 10.9. The Morgan fingerprint density at radius 1 is 1.16 bits per heavy atom. The minimum atomic E-state index is 0. The number of rotatable bonds is 4. The number of carbonyl (C=O) groups excluding carboxylic acids is 2. The molecule has 19 heavy (non-hydrogen) atoms. The summed E-state index contributed by atoms with van der Waals surface area (Å²) in [5.41, 5.74) is 1.67. The average molecular weight is 261 g/mol. The summed E-state index contributed by atoms with van der Waals surface area (Å²) in [6.07, 6.45) is 1.45. The van der Waals surface area contributed by atoms with E-state index in [0.29, 0.717) is 36.4 Å². The van der Waals surface area contributed by atoms with Crippen molar-refractivity contribution in [2.75, 3.05) is 38.3 Å². The number of nitrogens with zero attached hydrogens (tertiary/aromatic N) is 1. The highest BCUT2D eigenvalue weighted by molar-refractivity contribution is 5.91. The van der Waals surface area contributed by atoms with Gasteiger partial charge >= 0.3 is 0 Å². The summed E-state index contributed by atoms with van der Waals surface area (Å²) in [5, 5.41) is 0. The normalized spacial score (nSPS) is 14.5. The Morgan fingerprint density at radius 2 is 1.79 bits per heavy atom. The number of anilines is 1. The SMILES string of the molecule is COc1cc(N2CCOCC2)c(C=O)cc1C=O.[BH]. The van der Waals surface area contributed by atoms with Crippen molar-refractivity contribution in [3.8, 4) is 5.75 Å². The highest BCUT2D eigenvalue weighted by atomic mass is 16.5. The fourth-order valence-electron chi connectivity index (χ4n) is 2.04. The fourth-order valence-corrected chi connectivity index (χ4v) is 2.04. The van der Waals surface area contributed by atoms with Crippen molar-refractivity contribution >= 4 is 26.7 Å². The lowest BCUT2D eigenvalue weighted by atomic mass is 10.1. The Bertz CT molecular complexity index is 458. The van der Waals surface area contributed by atoms with Gasteiger partial charge in [-0.1, -0.05) is 0 Å². The predicted molar refractivity (Wildman–Crippen MR) is 74.0 cm³/mol. The zero-order chi connectivity index (χ0) is 13.0. The number of hydrogen-bond acceptors (Lipinski definition) is 5.